The van der Waals surface area contributed by atoms with E-state index in [9.17, 15) is 4.79 Å². The summed E-state index contributed by atoms with van der Waals surface area (Å²) in [5.74, 6) is 2.26. The van der Waals surface area contributed by atoms with Gasteiger partial charge >= 0.3 is 0 Å². The normalized spacial score (nSPS) is 19.3. The summed E-state index contributed by atoms with van der Waals surface area (Å²) in [5, 5.41) is 0.202. The van der Waals surface area contributed by atoms with Crippen LogP contribution >= 0.6 is 27.7 Å². The summed E-state index contributed by atoms with van der Waals surface area (Å²) < 4.78 is 6.16. The van der Waals surface area contributed by atoms with E-state index in [1.807, 2.05) is 18.2 Å². The molecule has 4 heteroatoms. The summed E-state index contributed by atoms with van der Waals surface area (Å²) in [6.07, 6.45) is 2.70. The van der Waals surface area contributed by atoms with Gasteiger partial charge in [0, 0.05) is 10.9 Å². The smallest absolute Gasteiger partial charge is 0.150 e. The van der Waals surface area contributed by atoms with Crippen molar-refractivity contribution in [3.05, 3.63) is 28.2 Å². The highest BCUT2D eigenvalue weighted by Gasteiger charge is 2.23. The Morgan fingerprint density at radius 1 is 1.59 bits per heavy atom. The first-order chi connectivity index (χ1) is 8.20. The van der Waals surface area contributed by atoms with Gasteiger partial charge in [0.05, 0.1) is 12.4 Å². The summed E-state index contributed by atoms with van der Waals surface area (Å²) in [4.78, 5) is 12.1. The maximum Gasteiger partial charge on any atom is 0.150 e. The van der Waals surface area contributed by atoms with Crippen LogP contribution in [0.25, 0.3) is 0 Å². The number of carbonyl (C=O) groups excluding carboxylic acids is 1. The average molecular weight is 315 g/mol. The monoisotopic (exact) mass is 314 g/mol. The number of ether oxygens (including phenoxy) is 1. The number of halogens is 1. The summed E-state index contributed by atoms with van der Waals surface area (Å²) in [7, 11) is 1.64. The van der Waals surface area contributed by atoms with Gasteiger partial charge in [0.15, 0.2) is 0 Å². The van der Waals surface area contributed by atoms with Gasteiger partial charge in [0.25, 0.3) is 0 Å². The Morgan fingerprint density at radius 3 is 3.06 bits per heavy atom. The minimum Gasteiger partial charge on any atom is -0.497 e. The number of benzene rings is 1. The van der Waals surface area contributed by atoms with Crippen molar-refractivity contribution in [3.8, 4) is 5.75 Å². The Bertz CT molecular complexity index is 414. The van der Waals surface area contributed by atoms with Crippen molar-refractivity contribution in [2.24, 2.45) is 0 Å². The summed E-state index contributed by atoms with van der Waals surface area (Å²) >= 11 is 5.27. The van der Waals surface area contributed by atoms with Gasteiger partial charge in [-0.25, -0.2) is 0 Å². The van der Waals surface area contributed by atoms with E-state index in [1.165, 1.54) is 6.42 Å². The van der Waals surface area contributed by atoms with Gasteiger partial charge in [-0.1, -0.05) is 15.9 Å². The number of hydrogen-bond acceptors (Lipinski definition) is 3. The minimum absolute atomic E-state index is 0.202. The Labute approximate surface area is 114 Å². The molecule has 1 aliphatic heterocycles. The second-order valence-corrected chi connectivity index (χ2v) is 6.27. The molecular weight excluding hydrogens is 300 g/mol. The summed E-state index contributed by atoms with van der Waals surface area (Å²) in [6.45, 7) is 0. The SMILES string of the molecule is COc1ccc(Br)c(CC(=O)C2CCCS2)c1. The van der Waals surface area contributed by atoms with E-state index in [4.69, 9.17) is 4.74 Å². The van der Waals surface area contributed by atoms with Crippen LogP contribution in [0.4, 0.5) is 0 Å². The van der Waals surface area contributed by atoms with Crippen LogP contribution in [0.15, 0.2) is 22.7 Å². The first kappa shape index (κ1) is 13.0. The Hall–Kier alpha value is -0.480. The highest BCUT2D eigenvalue weighted by Crippen LogP contribution is 2.29. The van der Waals surface area contributed by atoms with Crippen molar-refractivity contribution in [2.75, 3.05) is 12.9 Å². The predicted molar refractivity (Wildman–Crippen MR) is 74.9 cm³/mol. The lowest BCUT2D eigenvalue weighted by molar-refractivity contribution is -0.117. The van der Waals surface area contributed by atoms with Gasteiger partial charge in [-0.05, 0) is 42.4 Å². The van der Waals surface area contributed by atoms with Gasteiger partial charge in [-0.3, -0.25) is 4.79 Å². The van der Waals surface area contributed by atoms with Crippen molar-refractivity contribution in [1.29, 1.82) is 0 Å². The van der Waals surface area contributed by atoms with Gasteiger partial charge in [0.1, 0.15) is 11.5 Å². The summed E-state index contributed by atoms with van der Waals surface area (Å²) in [6, 6.07) is 5.76. The molecule has 0 aliphatic carbocycles. The lowest BCUT2D eigenvalue weighted by atomic mass is 10.0. The predicted octanol–water partition coefficient (Wildman–Crippen LogP) is 3.46. The largest absolute Gasteiger partial charge is 0.497 e. The van der Waals surface area contributed by atoms with E-state index >= 15 is 0 Å². The van der Waals surface area contributed by atoms with Crippen LogP contribution in [0.5, 0.6) is 5.75 Å². The fourth-order valence-electron chi connectivity index (χ4n) is 1.95. The lowest BCUT2D eigenvalue weighted by Crippen LogP contribution is -2.16. The van der Waals surface area contributed by atoms with Crippen molar-refractivity contribution < 1.29 is 9.53 Å². The first-order valence-corrected chi connectivity index (χ1v) is 7.51. The third kappa shape index (κ3) is 3.26. The van der Waals surface area contributed by atoms with Crippen LogP contribution in [-0.4, -0.2) is 23.9 Å². The number of methoxy groups -OCH3 is 1. The van der Waals surface area contributed by atoms with Gasteiger partial charge < -0.3 is 4.74 Å². The molecule has 1 unspecified atom stereocenters. The van der Waals surface area contributed by atoms with Crippen LogP contribution < -0.4 is 4.74 Å². The molecule has 1 saturated heterocycles. The third-order valence-corrected chi connectivity index (χ3v) is 5.11. The van der Waals surface area contributed by atoms with Crippen molar-refractivity contribution in [1.82, 2.24) is 0 Å². The molecular formula is C13H15BrO2S. The first-order valence-electron chi connectivity index (χ1n) is 5.67. The van der Waals surface area contributed by atoms with Crippen molar-refractivity contribution >= 4 is 33.5 Å². The molecule has 0 bridgehead atoms. The van der Waals surface area contributed by atoms with Crippen LogP contribution in [-0.2, 0) is 11.2 Å². The van der Waals surface area contributed by atoms with Crippen LogP contribution in [0.1, 0.15) is 18.4 Å². The standard InChI is InChI=1S/C13H15BrO2S/c1-16-10-4-5-11(14)9(7-10)8-12(15)13-3-2-6-17-13/h4-5,7,13H,2-3,6,8H2,1H3. The Morgan fingerprint density at radius 2 is 2.41 bits per heavy atom. The third-order valence-electron chi connectivity index (χ3n) is 2.91. The lowest BCUT2D eigenvalue weighted by Gasteiger charge is -2.10. The Balaban J connectivity index is 2.09. The molecule has 1 aromatic carbocycles. The molecule has 92 valence electrons. The molecule has 0 radical (unpaired) electrons. The van der Waals surface area contributed by atoms with E-state index < -0.39 is 0 Å². The highest BCUT2D eigenvalue weighted by molar-refractivity contribution is 9.10. The molecule has 0 saturated carbocycles. The fraction of sp³-hybridized carbons (Fsp3) is 0.462. The van der Waals surface area contributed by atoms with Crippen LogP contribution in [0.2, 0.25) is 0 Å². The molecule has 2 rings (SSSR count). The fourth-order valence-corrected chi connectivity index (χ4v) is 3.55. The molecule has 17 heavy (non-hydrogen) atoms. The van der Waals surface area contributed by atoms with Crippen molar-refractivity contribution in [2.45, 2.75) is 24.5 Å². The molecule has 0 aromatic heterocycles. The van der Waals surface area contributed by atoms with E-state index in [0.29, 0.717) is 12.2 Å². The number of Topliss-reactive ketones (excluding diaryl/α,β-unsaturated/α-hetero) is 1. The number of ketones is 1. The van der Waals surface area contributed by atoms with Gasteiger partial charge in [0.2, 0.25) is 0 Å². The van der Waals surface area contributed by atoms with E-state index in [0.717, 1.165) is 28.0 Å². The number of thioether (sulfide) groups is 1. The topological polar surface area (TPSA) is 26.3 Å². The van der Waals surface area contributed by atoms with Crippen LogP contribution in [0, 0.1) is 0 Å². The van der Waals surface area contributed by atoms with E-state index in [2.05, 4.69) is 15.9 Å². The molecule has 0 N–H and O–H groups in total. The molecule has 1 aromatic rings. The molecule has 1 aliphatic rings. The second-order valence-electron chi connectivity index (χ2n) is 4.10. The molecule has 0 spiro atoms. The molecule has 1 heterocycles. The van der Waals surface area contributed by atoms with E-state index in [-0.39, 0.29) is 5.25 Å². The average Bonchev–Trinajstić information content (AvgIpc) is 2.85. The second kappa shape index (κ2) is 5.91. The maximum atomic E-state index is 12.1. The molecule has 1 atom stereocenters. The van der Waals surface area contributed by atoms with E-state index in [1.54, 1.807) is 18.9 Å². The summed E-state index contributed by atoms with van der Waals surface area (Å²) in [5.41, 5.74) is 1.02. The number of hydrogen-bond donors (Lipinski definition) is 0. The highest BCUT2D eigenvalue weighted by atomic mass is 79.9. The molecule has 1 fully saturated rings. The van der Waals surface area contributed by atoms with Crippen LogP contribution in [0.3, 0.4) is 0 Å². The van der Waals surface area contributed by atoms with Gasteiger partial charge in [-0.2, -0.15) is 11.8 Å². The number of carbonyl (C=O) groups is 1. The number of rotatable bonds is 4. The zero-order valence-electron chi connectivity index (χ0n) is 9.74. The molecule has 0 amide bonds. The minimum atomic E-state index is 0.202. The quantitative estimate of drug-likeness (QED) is 0.851. The van der Waals surface area contributed by atoms with Gasteiger partial charge in [-0.15, -0.1) is 0 Å². The Kier molecular flexibility index (Phi) is 4.51. The zero-order chi connectivity index (χ0) is 12.3. The zero-order valence-corrected chi connectivity index (χ0v) is 12.1. The maximum absolute atomic E-state index is 12.1. The van der Waals surface area contributed by atoms with Crippen molar-refractivity contribution in [3.63, 3.8) is 0 Å². The molecule has 2 nitrogen and oxygen atoms in total.